The van der Waals surface area contributed by atoms with Crippen LogP contribution in [0.25, 0.3) is 0 Å². The Kier molecular flexibility index (Phi) is 4.20. The molecular weight excluding hydrogens is 261 g/mol. The fourth-order valence-electron chi connectivity index (χ4n) is 1.63. The molecule has 0 amide bonds. The second kappa shape index (κ2) is 6.06. The van der Waals surface area contributed by atoms with Gasteiger partial charge in [0.2, 0.25) is 0 Å². The maximum absolute atomic E-state index is 12.8. The number of esters is 1. The summed E-state index contributed by atoms with van der Waals surface area (Å²) in [6, 6.07) is 10.2. The number of hydrogen-bond acceptors (Lipinski definition) is 4. The van der Waals surface area contributed by atoms with Crippen LogP contribution < -0.4 is 10.5 Å². The molecule has 0 aromatic heterocycles. The van der Waals surface area contributed by atoms with Crippen LogP contribution >= 0.6 is 0 Å². The summed E-state index contributed by atoms with van der Waals surface area (Å²) in [6.45, 7) is 1.97. The van der Waals surface area contributed by atoms with E-state index in [9.17, 15) is 9.18 Å². The molecule has 20 heavy (non-hydrogen) atoms. The van der Waals surface area contributed by atoms with Crippen LogP contribution in [-0.2, 0) is 4.74 Å². The van der Waals surface area contributed by atoms with Crippen molar-refractivity contribution >= 4 is 11.7 Å². The Hall–Kier alpha value is -2.56. The van der Waals surface area contributed by atoms with Crippen molar-refractivity contribution in [3.8, 4) is 11.5 Å². The zero-order chi connectivity index (χ0) is 14.5. The second-order valence-corrected chi connectivity index (χ2v) is 4.03. The molecule has 0 saturated carbocycles. The lowest BCUT2D eigenvalue weighted by Gasteiger charge is -2.11. The van der Waals surface area contributed by atoms with Gasteiger partial charge in [-0.15, -0.1) is 0 Å². The van der Waals surface area contributed by atoms with E-state index >= 15 is 0 Å². The third-order valence-electron chi connectivity index (χ3n) is 2.54. The molecule has 0 heterocycles. The molecule has 0 bridgehead atoms. The standard InChI is InChI=1S/C15H14FNO3/c1-2-19-15(18)13-9-11(17)5-8-14(13)20-12-6-3-10(16)4-7-12/h3-9H,2,17H2,1H3. The van der Waals surface area contributed by atoms with Gasteiger partial charge in [0.1, 0.15) is 22.9 Å². The lowest BCUT2D eigenvalue weighted by molar-refractivity contribution is 0.0523. The van der Waals surface area contributed by atoms with Crippen LogP contribution in [0.15, 0.2) is 42.5 Å². The third-order valence-corrected chi connectivity index (χ3v) is 2.54. The summed E-state index contributed by atoms with van der Waals surface area (Å²) in [5.74, 6) is -0.150. The molecule has 5 heteroatoms. The second-order valence-electron chi connectivity index (χ2n) is 4.03. The molecule has 2 N–H and O–H groups in total. The molecule has 2 rings (SSSR count). The molecule has 0 saturated heterocycles. The summed E-state index contributed by atoms with van der Waals surface area (Å²) < 4.78 is 23.3. The highest BCUT2D eigenvalue weighted by Crippen LogP contribution is 2.27. The fraction of sp³-hybridized carbons (Fsp3) is 0.133. The van der Waals surface area contributed by atoms with Crippen molar-refractivity contribution < 1.29 is 18.7 Å². The van der Waals surface area contributed by atoms with Gasteiger partial charge in [-0.1, -0.05) is 0 Å². The molecule has 0 unspecified atom stereocenters. The molecule has 0 aliphatic rings. The highest BCUT2D eigenvalue weighted by atomic mass is 19.1. The van der Waals surface area contributed by atoms with Crippen LogP contribution in [0, 0.1) is 5.82 Å². The van der Waals surface area contributed by atoms with Gasteiger partial charge in [-0.25, -0.2) is 9.18 Å². The van der Waals surface area contributed by atoms with E-state index < -0.39 is 5.97 Å². The summed E-state index contributed by atoms with van der Waals surface area (Å²) in [6.07, 6.45) is 0. The van der Waals surface area contributed by atoms with Gasteiger partial charge in [0.05, 0.1) is 6.61 Å². The first kappa shape index (κ1) is 13.9. The Balaban J connectivity index is 2.31. The van der Waals surface area contributed by atoms with Gasteiger partial charge in [-0.3, -0.25) is 0 Å². The molecule has 0 atom stereocenters. The molecule has 2 aromatic rings. The van der Waals surface area contributed by atoms with Gasteiger partial charge < -0.3 is 15.2 Å². The van der Waals surface area contributed by atoms with Crippen molar-refractivity contribution in [1.29, 1.82) is 0 Å². The zero-order valence-corrected chi connectivity index (χ0v) is 10.9. The van der Waals surface area contributed by atoms with Crippen LogP contribution in [0.4, 0.5) is 10.1 Å². The number of carbonyl (C=O) groups is 1. The topological polar surface area (TPSA) is 61.5 Å². The number of halogens is 1. The number of nitrogens with two attached hydrogens (primary N) is 1. The van der Waals surface area contributed by atoms with Crippen LogP contribution in [0.5, 0.6) is 11.5 Å². The molecule has 4 nitrogen and oxygen atoms in total. The Bertz CT molecular complexity index is 611. The number of nitrogen functional groups attached to an aromatic ring is 1. The molecule has 0 aliphatic heterocycles. The number of anilines is 1. The van der Waals surface area contributed by atoms with Crippen LogP contribution in [0.1, 0.15) is 17.3 Å². The van der Waals surface area contributed by atoms with Gasteiger partial charge >= 0.3 is 5.97 Å². The third kappa shape index (κ3) is 3.26. The number of hydrogen-bond donors (Lipinski definition) is 1. The minimum Gasteiger partial charge on any atom is -0.462 e. The number of rotatable bonds is 4. The highest BCUT2D eigenvalue weighted by Gasteiger charge is 2.15. The van der Waals surface area contributed by atoms with Crippen LogP contribution in [0.2, 0.25) is 0 Å². The van der Waals surface area contributed by atoms with Crippen molar-refractivity contribution in [3.05, 3.63) is 53.8 Å². The Morgan fingerprint density at radius 1 is 1.20 bits per heavy atom. The first-order chi connectivity index (χ1) is 9.60. The Labute approximate surface area is 115 Å². The van der Waals surface area contributed by atoms with Crippen LogP contribution in [-0.4, -0.2) is 12.6 Å². The predicted octanol–water partition coefficient (Wildman–Crippen LogP) is 3.38. The van der Waals surface area contributed by atoms with Gasteiger partial charge in [0.15, 0.2) is 0 Å². The minimum atomic E-state index is -0.517. The van der Waals surface area contributed by atoms with Crippen molar-refractivity contribution in [3.63, 3.8) is 0 Å². The van der Waals surface area contributed by atoms with Gasteiger partial charge in [0.25, 0.3) is 0 Å². The SMILES string of the molecule is CCOC(=O)c1cc(N)ccc1Oc1ccc(F)cc1. The lowest BCUT2D eigenvalue weighted by atomic mass is 10.2. The largest absolute Gasteiger partial charge is 0.462 e. The van der Waals surface area contributed by atoms with Crippen molar-refractivity contribution in [1.82, 2.24) is 0 Å². The summed E-state index contributed by atoms with van der Waals surface area (Å²) in [4.78, 5) is 11.8. The van der Waals surface area contributed by atoms with E-state index in [2.05, 4.69) is 0 Å². The van der Waals surface area contributed by atoms with Crippen LogP contribution in [0.3, 0.4) is 0 Å². The average molecular weight is 275 g/mol. The zero-order valence-electron chi connectivity index (χ0n) is 10.9. The highest BCUT2D eigenvalue weighted by molar-refractivity contribution is 5.93. The van der Waals surface area contributed by atoms with Gasteiger partial charge in [-0.2, -0.15) is 0 Å². The minimum absolute atomic E-state index is 0.233. The van der Waals surface area contributed by atoms with Gasteiger partial charge in [0, 0.05) is 5.69 Å². The molecule has 2 aromatic carbocycles. The molecule has 0 spiro atoms. The fourth-order valence-corrected chi connectivity index (χ4v) is 1.63. The number of benzene rings is 2. The normalized spacial score (nSPS) is 10.1. The van der Waals surface area contributed by atoms with E-state index in [-0.39, 0.29) is 18.0 Å². The monoisotopic (exact) mass is 275 g/mol. The van der Waals surface area contributed by atoms with E-state index in [4.69, 9.17) is 15.2 Å². The smallest absolute Gasteiger partial charge is 0.342 e. The summed E-state index contributed by atoms with van der Waals surface area (Å²) in [7, 11) is 0. The van der Waals surface area contributed by atoms with E-state index in [1.54, 1.807) is 19.1 Å². The van der Waals surface area contributed by atoms with Crippen molar-refractivity contribution in [2.24, 2.45) is 0 Å². The molecular formula is C15H14FNO3. The number of carbonyl (C=O) groups excluding carboxylic acids is 1. The summed E-state index contributed by atoms with van der Waals surface area (Å²) in [5, 5.41) is 0. The quantitative estimate of drug-likeness (QED) is 0.686. The first-order valence-electron chi connectivity index (χ1n) is 6.10. The Morgan fingerprint density at radius 3 is 2.55 bits per heavy atom. The first-order valence-corrected chi connectivity index (χ1v) is 6.10. The molecule has 0 radical (unpaired) electrons. The Morgan fingerprint density at radius 2 is 1.90 bits per heavy atom. The molecule has 0 aliphatic carbocycles. The molecule has 0 fully saturated rings. The summed E-state index contributed by atoms with van der Waals surface area (Å²) in [5.41, 5.74) is 6.32. The van der Waals surface area contributed by atoms with Gasteiger partial charge in [-0.05, 0) is 49.4 Å². The van der Waals surface area contributed by atoms with Crippen molar-refractivity contribution in [2.75, 3.05) is 12.3 Å². The van der Waals surface area contributed by atoms with Crippen molar-refractivity contribution in [2.45, 2.75) is 6.92 Å². The van der Waals surface area contributed by atoms with E-state index in [0.29, 0.717) is 17.2 Å². The summed E-state index contributed by atoms with van der Waals surface area (Å²) >= 11 is 0. The average Bonchev–Trinajstić information content (AvgIpc) is 2.43. The predicted molar refractivity (Wildman–Crippen MR) is 73.3 cm³/mol. The van der Waals surface area contributed by atoms with E-state index in [1.807, 2.05) is 0 Å². The maximum atomic E-state index is 12.8. The lowest BCUT2D eigenvalue weighted by Crippen LogP contribution is -2.07. The maximum Gasteiger partial charge on any atom is 0.342 e. The van der Waals surface area contributed by atoms with E-state index in [0.717, 1.165) is 0 Å². The number of ether oxygens (including phenoxy) is 2. The van der Waals surface area contributed by atoms with E-state index in [1.165, 1.54) is 30.3 Å². The molecule has 104 valence electrons.